The van der Waals surface area contributed by atoms with Crippen LogP contribution in [0.5, 0.6) is 0 Å². The number of tetrazole rings is 1. The van der Waals surface area contributed by atoms with Crippen molar-refractivity contribution in [1.29, 1.82) is 0 Å². The van der Waals surface area contributed by atoms with E-state index in [-0.39, 0.29) is 17.8 Å². The van der Waals surface area contributed by atoms with Crippen molar-refractivity contribution in [3.8, 4) is 0 Å². The second-order valence-electron chi connectivity index (χ2n) is 4.00. The van der Waals surface area contributed by atoms with Crippen molar-refractivity contribution in [1.82, 2.24) is 20.2 Å². The normalized spacial score (nSPS) is 10.6. The number of halogens is 1. The van der Waals surface area contributed by atoms with Gasteiger partial charge in [-0.2, -0.15) is 0 Å². The van der Waals surface area contributed by atoms with Crippen LogP contribution in [-0.2, 0) is 13.0 Å². The average molecular weight is 265 g/mol. The van der Waals surface area contributed by atoms with E-state index in [1.165, 1.54) is 22.9 Å². The van der Waals surface area contributed by atoms with Gasteiger partial charge in [0.15, 0.2) is 5.82 Å². The first kappa shape index (κ1) is 13.1. The Morgan fingerprint density at radius 1 is 1.47 bits per heavy atom. The first-order valence-corrected chi connectivity index (χ1v) is 5.80. The molecule has 0 aliphatic carbocycles. The summed E-state index contributed by atoms with van der Waals surface area (Å²) in [7, 11) is 0. The number of nitro benzene ring substituents is 1. The highest BCUT2D eigenvalue weighted by molar-refractivity contribution is 5.41. The Hall–Kier alpha value is -2.38. The summed E-state index contributed by atoms with van der Waals surface area (Å²) in [4.78, 5) is 10.3. The molecule has 0 radical (unpaired) electrons. The van der Waals surface area contributed by atoms with E-state index in [1.54, 1.807) is 0 Å². The highest BCUT2D eigenvalue weighted by Crippen LogP contribution is 2.22. The van der Waals surface area contributed by atoms with Crippen LogP contribution in [0.15, 0.2) is 18.2 Å². The third-order valence-corrected chi connectivity index (χ3v) is 2.68. The quantitative estimate of drug-likeness (QED) is 0.606. The summed E-state index contributed by atoms with van der Waals surface area (Å²) >= 11 is 0. The Morgan fingerprint density at radius 2 is 2.26 bits per heavy atom. The molecule has 0 amide bonds. The van der Waals surface area contributed by atoms with Gasteiger partial charge in [0.25, 0.3) is 5.69 Å². The predicted molar refractivity (Wildman–Crippen MR) is 64.0 cm³/mol. The fraction of sp³-hybridized carbons (Fsp3) is 0.364. The highest BCUT2D eigenvalue weighted by Gasteiger charge is 2.19. The zero-order valence-electron chi connectivity index (χ0n) is 10.3. The molecule has 7 nitrogen and oxygen atoms in total. The Kier molecular flexibility index (Phi) is 3.79. The lowest BCUT2D eigenvalue weighted by molar-refractivity contribution is -0.385. The van der Waals surface area contributed by atoms with Gasteiger partial charge >= 0.3 is 0 Å². The largest absolute Gasteiger partial charge is 0.277 e. The molecule has 0 bridgehead atoms. The zero-order valence-corrected chi connectivity index (χ0v) is 10.3. The van der Waals surface area contributed by atoms with Crippen LogP contribution in [0.1, 0.15) is 24.7 Å². The molecule has 0 spiro atoms. The molecule has 1 aromatic carbocycles. The molecule has 0 aliphatic rings. The van der Waals surface area contributed by atoms with Gasteiger partial charge in [0, 0.05) is 12.5 Å². The second-order valence-corrected chi connectivity index (χ2v) is 4.00. The molecule has 2 aromatic rings. The van der Waals surface area contributed by atoms with E-state index < -0.39 is 10.7 Å². The molecule has 0 saturated carbocycles. The molecule has 100 valence electrons. The van der Waals surface area contributed by atoms with Gasteiger partial charge in [-0.05, 0) is 22.9 Å². The van der Waals surface area contributed by atoms with E-state index in [2.05, 4.69) is 15.5 Å². The van der Waals surface area contributed by atoms with Crippen molar-refractivity contribution in [3.63, 3.8) is 0 Å². The maximum atomic E-state index is 13.7. The number of aryl methyl sites for hydroxylation is 1. The van der Waals surface area contributed by atoms with E-state index in [0.717, 1.165) is 6.42 Å². The molecule has 0 fully saturated rings. The average Bonchev–Trinajstić information content (AvgIpc) is 2.79. The van der Waals surface area contributed by atoms with Gasteiger partial charge in [0.05, 0.1) is 17.0 Å². The van der Waals surface area contributed by atoms with Gasteiger partial charge < -0.3 is 0 Å². The van der Waals surface area contributed by atoms with Crippen LogP contribution in [-0.4, -0.2) is 25.1 Å². The Balaban J connectivity index is 2.37. The summed E-state index contributed by atoms with van der Waals surface area (Å²) < 4.78 is 15.1. The zero-order chi connectivity index (χ0) is 13.8. The topological polar surface area (TPSA) is 86.7 Å². The van der Waals surface area contributed by atoms with Crippen molar-refractivity contribution >= 4 is 5.69 Å². The fourth-order valence-corrected chi connectivity index (χ4v) is 1.77. The fourth-order valence-electron chi connectivity index (χ4n) is 1.77. The molecule has 0 unspecified atom stereocenters. The number of hydrogen-bond donors (Lipinski definition) is 0. The minimum atomic E-state index is -0.632. The smallest absolute Gasteiger partial charge is 0.258 e. The molecular weight excluding hydrogens is 253 g/mol. The summed E-state index contributed by atoms with van der Waals surface area (Å²) in [6, 6.07) is 3.76. The van der Waals surface area contributed by atoms with E-state index >= 15 is 0 Å². The maximum absolute atomic E-state index is 13.7. The van der Waals surface area contributed by atoms with Crippen LogP contribution in [0.2, 0.25) is 0 Å². The molecule has 0 atom stereocenters. The molecule has 19 heavy (non-hydrogen) atoms. The standard InChI is InChI=1S/C11H12FN5O2/c1-2-4-11-13-14-15-16(11)7-8-9(12)5-3-6-10(8)17(18)19/h3,5-6H,2,4,7H2,1H3. The van der Waals surface area contributed by atoms with Crippen LogP contribution in [0, 0.1) is 15.9 Å². The second kappa shape index (κ2) is 5.51. The molecule has 2 rings (SSSR count). The minimum Gasteiger partial charge on any atom is -0.258 e. The lowest BCUT2D eigenvalue weighted by atomic mass is 10.1. The van der Waals surface area contributed by atoms with E-state index in [4.69, 9.17) is 0 Å². The van der Waals surface area contributed by atoms with E-state index in [1.807, 2.05) is 6.92 Å². The lowest BCUT2D eigenvalue weighted by Crippen LogP contribution is -2.10. The summed E-state index contributed by atoms with van der Waals surface area (Å²) in [6.45, 7) is 1.91. The van der Waals surface area contributed by atoms with Gasteiger partial charge in [-0.15, -0.1) is 5.10 Å². The van der Waals surface area contributed by atoms with Crippen LogP contribution in [0.3, 0.4) is 0 Å². The summed E-state index contributed by atoms with van der Waals surface area (Å²) in [5.74, 6) is -0.0489. The van der Waals surface area contributed by atoms with Crippen molar-refractivity contribution in [2.75, 3.05) is 0 Å². The predicted octanol–water partition coefficient (Wildman–Crippen LogP) is 1.72. The third-order valence-electron chi connectivity index (χ3n) is 2.68. The summed E-state index contributed by atoms with van der Waals surface area (Å²) in [5, 5.41) is 22.0. The van der Waals surface area contributed by atoms with Crippen LogP contribution < -0.4 is 0 Å². The summed E-state index contributed by atoms with van der Waals surface area (Å²) in [6.07, 6.45) is 1.47. The number of nitro groups is 1. The SMILES string of the molecule is CCCc1nnnn1Cc1c(F)cccc1[N+](=O)[O-]. The van der Waals surface area contributed by atoms with Gasteiger partial charge in [0.2, 0.25) is 0 Å². The Morgan fingerprint density at radius 3 is 2.95 bits per heavy atom. The van der Waals surface area contributed by atoms with E-state index in [0.29, 0.717) is 12.2 Å². The first-order valence-electron chi connectivity index (χ1n) is 5.80. The number of benzene rings is 1. The van der Waals surface area contributed by atoms with Crippen LogP contribution in [0.25, 0.3) is 0 Å². The van der Waals surface area contributed by atoms with Crippen molar-refractivity contribution < 1.29 is 9.31 Å². The first-order chi connectivity index (χ1) is 9.13. The van der Waals surface area contributed by atoms with Crippen molar-refractivity contribution in [2.24, 2.45) is 0 Å². The highest BCUT2D eigenvalue weighted by atomic mass is 19.1. The van der Waals surface area contributed by atoms with Crippen molar-refractivity contribution in [3.05, 3.63) is 45.5 Å². The van der Waals surface area contributed by atoms with Crippen molar-refractivity contribution in [2.45, 2.75) is 26.3 Å². The van der Waals surface area contributed by atoms with Gasteiger partial charge in [-0.3, -0.25) is 10.1 Å². The minimum absolute atomic E-state index is 0.0165. The van der Waals surface area contributed by atoms with Gasteiger partial charge in [-0.1, -0.05) is 13.0 Å². The molecule has 1 heterocycles. The molecule has 8 heteroatoms. The lowest BCUT2D eigenvalue weighted by Gasteiger charge is -2.06. The maximum Gasteiger partial charge on any atom is 0.277 e. The van der Waals surface area contributed by atoms with Gasteiger partial charge in [-0.25, -0.2) is 9.07 Å². The molecule has 0 saturated heterocycles. The number of hydrogen-bond acceptors (Lipinski definition) is 5. The number of rotatable bonds is 5. The molecule has 0 N–H and O–H groups in total. The van der Waals surface area contributed by atoms with Crippen LogP contribution >= 0.6 is 0 Å². The summed E-state index contributed by atoms with van der Waals surface area (Å²) in [5.41, 5.74) is -0.282. The monoisotopic (exact) mass is 265 g/mol. The van der Waals surface area contributed by atoms with Gasteiger partial charge in [0.1, 0.15) is 5.82 Å². The molecule has 1 aromatic heterocycles. The molecular formula is C11H12FN5O2. The third kappa shape index (κ3) is 2.72. The van der Waals surface area contributed by atoms with Crippen LogP contribution in [0.4, 0.5) is 10.1 Å². The van der Waals surface area contributed by atoms with E-state index in [9.17, 15) is 14.5 Å². The number of nitrogens with zero attached hydrogens (tertiary/aromatic N) is 5. The number of aromatic nitrogens is 4. The molecule has 0 aliphatic heterocycles. The Bertz CT molecular complexity index is 599. The Labute approximate surface area is 108 Å².